The lowest BCUT2D eigenvalue weighted by Crippen LogP contribution is -2.38. The second kappa shape index (κ2) is 4.52. The molecule has 0 aliphatic rings. The van der Waals surface area contributed by atoms with Gasteiger partial charge in [0, 0.05) is 12.0 Å². The molecule has 16 heavy (non-hydrogen) atoms. The summed E-state index contributed by atoms with van der Waals surface area (Å²) in [5.74, 6) is -2.90. The van der Waals surface area contributed by atoms with Crippen molar-refractivity contribution in [2.24, 2.45) is 0 Å². The number of methoxy groups -OCH3 is 1. The van der Waals surface area contributed by atoms with Crippen molar-refractivity contribution in [2.45, 2.75) is 18.9 Å². The molecule has 6 heteroatoms. The van der Waals surface area contributed by atoms with Gasteiger partial charge in [-0.05, 0) is 19.1 Å². The molecule has 1 atom stereocenters. The van der Waals surface area contributed by atoms with E-state index >= 15 is 0 Å². The molecule has 0 amide bonds. The first kappa shape index (κ1) is 12.5. The average Bonchev–Trinajstić information content (AvgIpc) is 2.21. The fourth-order valence-corrected chi connectivity index (χ4v) is 1.24. The fourth-order valence-electron chi connectivity index (χ4n) is 1.24. The Morgan fingerprint density at radius 3 is 2.69 bits per heavy atom. The number of ether oxygens (including phenoxy) is 1. The van der Waals surface area contributed by atoms with Crippen molar-refractivity contribution < 1.29 is 23.4 Å². The predicted molar refractivity (Wildman–Crippen MR) is 50.5 cm³/mol. The molecule has 0 aromatic carbocycles. The molecule has 1 aromatic rings. The lowest BCUT2D eigenvalue weighted by atomic mass is 9.97. The number of esters is 1. The normalized spacial score (nSPS) is 14.3. The van der Waals surface area contributed by atoms with Crippen LogP contribution < -0.4 is 0 Å². The molecule has 1 heterocycles. The number of aliphatic hydroxyl groups is 1. The van der Waals surface area contributed by atoms with E-state index in [-0.39, 0.29) is 12.0 Å². The monoisotopic (exact) mass is 231 g/mol. The molecule has 0 fully saturated rings. The van der Waals surface area contributed by atoms with Crippen molar-refractivity contribution in [2.75, 3.05) is 7.11 Å². The van der Waals surface area contributed by atoms with Crippen LogP contribution in [-0.2, 0) is 16.0 Å². The molecule has 88 valence electrons. The van der Waals surface area contributed by atoms with E-state index in [0.717, 1.165) is 19.2 Å². The average molecular weight is 231 g/mol. The summed E-state index contributed by atoms with van der Waals surface area (Å²) in [6, 6.07) is 2.07. The summed E-state index contributed by atoms with van der Waals surface area (Å²) in [7, 11) is 1.11. The molecule has 1 N–H and O–H groups in total. The molecule has 0 spiro atoms. The number of hydrogen-bond donors (Lipinski definition) is 1. The molecule has 0 radical (unpaired) electrons. The zero-order chi connectivity index (χ0) is 12.3. The zero-order valence-corrected chi connectivity index (χ0v) is 8.83. The predicted octanol–water partition coefficient (Wildman–Crippen LogP) is 0.826. The Hall–Kier alpha value is -1.56. The van der Waals surface area contributed by atoms with Crippen LogP contribution in [0, 0.1) is 11.9 Å². The van der Waals surface area contributed by atoms with E-state index in [4.69, 9.17) is 0 Å². The highest BCUT2D eigenvalue weighted by Gasteiger charge is 2.32. The Morgan fingerprint density at radius 2 is 2.19 bits per heavy atom. The minimum Gasteiger partial charge on any atom is -0.467 e. The van der Waals surface area contributed by atoms with E-state index in [0.29, 0.717) is 0 Å². The van der Waals surface area contributed by atoms with Gasteiger partial charge < -0.3 is 9.84 Å². The van der Waals surface area contributed by atoms with E-state index < -0.39 is 23.5 Å². The Balaban J connectivity index is 2.92. The number of carbonyl (C=O) groups is 1. The Bertz CT molecular complexity index is 407. The van der Waals surface area contributed by atoms with Gasteiger partial charge in [-0.25, -0.2) is 4.79 Å². The molecule has 1 unspecified atom stereocenters. The highest BCUT2D eigenvalue weighted by molar-refractivity contribution is 5.78. The molecule has 0 aliphatic heterocycles. The summed E-state index contributed by atoms with van der Waals surface area (Å²) in [4.78, 5) is 14.1. The van der Waals surface area contributed by atoms with Gasteiger partial charge in [-0.2, -0.15) is 13.8 Å². The molecule has 1 rings (SSSR count). The first-order valence-electron chi connectivity index (χ1n) is 4.48. The SMILES string of the molecule is COC(=O)C(C)(O)Cc1ccc(F)nc1F. The largest absolute Gasteiger partial charge is 0.467 e. The van der Waals surface area contributed by atoms with Crippen LogP contribution >= 0.6 is 0 Å². The van der Waals surface area contributed by atoms with Crippen LogP contribution in [0.5, 0.6) is 0 Å². The van der Waals surface area contributed by atoms with Crippen LogP contribution in [0.2, 0.25) is 0 Å². The number of aromatic nitrogens is 1. The van der Waals surface area contributed by atoms with Crippen molar-refractivity contribution in [1.82, 2.24) is 4.98 Å². The molecular formula is C10H11F2NO3. The quantitative estimate of drug-likeness (QED) is 0.618. The summed E-state index contributed by atoms with van der Waals surface area (Å²) < 4.78 is 30.0. The molecule has 0 saturated heterocycles. The smallest absolute Gasteiger partial charge is 0.337 e. The molecule has 0 bridgehead atoms. The lowest BCUT2D eigenvalue weighted by Gasteiger charge is -2.19. The van der Waals surface area contributed by atoms with Gasteiger partial charge in [0.2, 0.25) is 11.9 Å². The Labute approximate surface area is 90.9 Å². The maximum absolute atomic E-state index is 13.1. The molecule has 0 saturated carbocycles. The van der Waals surface area contributed by atoms with Gasteiger partial charge >= 0.3 is 5.97 Å². The van der Waals surface area contributed by atoms with Crippen LogP contribution in [0.4, 0.5) is 8.78 Å². The van der Waals surface area contributed by atoms with Crippen LogP contribution in [0.3, 0.4) is 0 Å². The standard InChI is InChI=1S/C10H11F2NO3/c1-10(15,9(14)16-2)5-6-3-4-7(11)13-8(6)12/h3-4,15H,5H2,1-2H3. The Morgan fingerprint density at radius 1 is 1.56 bits per heavy atom. The number of hydrogen-bond acceptors (Lipinski definition) is 4. The van der Waals surface area contributed by atoms with Crippen molar-refractivity contribution >= 4 is 5.97 Å². The number of rotatable bonds is 3. The van der Waals surface area contributed by atoms with Gasteiger partial charge in [-0.15, -0.1) is 0 Å². The highest BCUT2D eigenvalue weighted by atomic mass is 19.1. The summed E-state index contributed by atoms with van der Waals surface area (Å²) >= 11 is 0. The summed E-state index contributed by atoms with van der Waals surface area (Å²) in [5.41, 5.74) is -1.92. The zero-order valence-electron chi connectivity index (χ0n) is 8.83. The summed E-state index contributed by atoms with van der Waals surface area (Å²) in [6.45, 7) is 1.18. The Kier molecular flexibility index (Phi) is 3.54. The lowest BCUT2D eigenvalue weighted by molar-refractivity contribution is -0.160. The van der Waals surface area contributed by atoms with Crippen LogP contribution in [0.25, 0.3) is 0 Å². The van der Waals surface area contributed by atoms with Gasteiger partial charge in [0.15, 0.2) is 5.60 Å². The van der Waals surface area contributed by atoms with Crippen molar-refractivity contribution in [3.63, 3.8) is 0 Å². The molecular weight excluding hydrogens is 220 g/mol. The van der Waals surface area contributed by atoms with Gasteiger partial charge in [-0.3, -0.25) is 0 Å². The van der Waals surface area contributed by atoms with E-state index in [9.17, 15) is 18.7 Å². The van der Waals surface area contributed by atoms with Crippen molar-refractivity contribution in [3.05, 3.63) is 29.6 Å². The van der Waals surface area contributed by atoms with Gasteiger partial charge in [0.25, 0.3) is 0 Å². The van der Waals surface area contributed by atoms with E-state index in [2.05, 4.69) is 9.72 Å². The first-order valence-corrected chi connectivity index (χ1v) is 4.48. The van der Waals surface area contributed by atoms with E-state index in [1.54, 1.807) is 0 Å². The van der Waals surface area contributed by atoms with Crippen LogP contribution in [-0.4, -0.2) is 28.8 Å². The van der Waals surface area contributed by atoms with Crippen LogP contribution in [0.15, 0.2) is 12.1 Å². The number of pyridine rings is 1. The maximum atomic E-state index is 13.1. The molecule has 0 aliphatic carbocycles. The highest BCUT2D eigenvalue weighted by Crippen LogP contribution is 2.16. The maximum Gasteiger partial charge on any atom is 0.337 e. The van der Waals surface area contributed by atoms with Crippen molar-refractivity contribution in [1.29, 1.82) is 0 Å². The topological polar surface area (TPSA) is 59.4 Å². The second-order valence-corrected chi connectivity index (χ2v) is 3.53. The summed E-state index contributed by atoms with van der Waals surface area (Å²) in [5, 5.41) is 9.67. The van der Waals surface area contributed by atoms with Gasteiger partial charge in [-0.1, -0.05) is 0 Å². The molecule has 1 aromatic heterocycles. The second-order valence-electron chi connectivity index (χ2n) is 3.53. The third-order valence-corrected chi connectivity index (χ3v) is 2.05. The minimum atomic E-state index is -1.87. The van der Waals surface area contributed by atoms with Gasteiger partial charge in [0.05, 0.1) is 7.11 Å². The van der Waals surface area contributed by atoms with Gasteiger partial charge in [0.1, 0.15) is 0 Å². The van der Waals surface area contributed by atoms with E-state index in [1.165, 1.54) is 6.92 Å². The number of halogens is 2. The third-order valence-electron chi connectivity index (χ3n) is 2.05. The first-order chi connectivity index (χ1) is 7.36. The number of nitrogens with zero attached hydrogens (tertiary/aromatic N) is 1. The minimum absolute atomic E-state index is 0.0585. The number of carbonyl (C=O) groups excluding carboxylic acids is 1. The third kappa shape index (κ3) is 2.73. The molecule has 4 nitrogen and oxygen atoms in total. The van der Waals surface area contributed by atoms with E-state index in [1.807, 2.05) is 0 Å². The summed E-state index contributed by atoms with van der Waals surface area (Å²) in [6.07, 6.45) is -0.335. The van der Waals surface area contributed by atoms with Crippen molar-refractivity contribution in [3.8, 4) is 0 Å². The fraction of sp³-hybridized carbons (Fsp3) is 0.400. The van der Waals surface area contributed by atoms with Crippen LogP contribution in [0.1, 0.15) is 12.5 Å².